The maximum Gasteiger partial charge on any atom is 0.0698 e. The molecule has 0 bridgehead atoms. The number of hydrogen-bond acceptors (Lipinski definition) is 3. The molecule has 3 heteroatoms. The Hall–Kier alpha value is -0.900. The number of nitrogens with two attached hydrogens (primary N) is 1. The quantitative estimate of drug-likeness (QED) is 0.757. The fourth-order valence-electron chi connectivity index (χ4n) is 2.63. The number of hydroxylamine groups is 2. The molecular formula is C12H16N2O. The molecule has 2 aliphatic rings. The van der Waals surface area contributed by atoms with E-state index in [0.717, 1.165) is 26.0 Å². The molecule has 0 spiro atoms. The number of nitrogens with zero attached hydrogens (tertiary/aromatic N) is 1. The molecule has 0 aromatic heterocycles. The minimum absolute atomic E-state index is 0.176. The molecule has 2 atom stereocenters. The van der Waals surface area contributed by atoms with Gasteiger partial charge in [-0.3, -0.25) is 4.84 Å². The van der Waals surface area contributed by atoms with Crippen LogP contribution in [0.3, 0.4) is 0 Å². The van der Waals surface area contributed by atoms with Gasteiger partial charge >= 0.3 is 0 Å². The Labute approximate surface area is 89.8 Å². The standard InChI is InChI=1S/C12H16N2O/c13-11-8-12(14-6-3-7-15-14)10-5-2-1-4-9(10)11/h1-2,4-5,11-12H,3,6-8,13H2. The molecule has 80 valence electrons. The van der Waals surface area contributed by atoms with Gasteiger partial charge in [0.15, 0.2) is 0 Å². The first-order valence-electron chi connectivity index (χ1n) is 5.60. The topological polar surface area (TPSA) is 38.5 Å². The molecule has 2 unspecified atom stereocenters. The molecule has 1 fully saturated rings. The number of benzene rings is 1. The van der Waals surface area contributed by atoms with Crippen LogP contribution in [-0.2, 0) is 4.84 Å². The third-order valence-corrected chi connectivity index (χ3v) is 3.36. The van der Waals surface area contributed by atoms with Crippen molar-refractivity contribution in [3.05, 3.63) is 35.4 Å². The monoisotopic (exact) mass is 204 g/mol. The van der Waals surface area contributed by atoms with Gasteiger partial charge in [-0.15, -0.1) is 0 Å². The van der Waals surface area contributed by atoms with Crippen molar-refractivity contribution < 1.29 is 4.84 Å². The minimum atomic E-state index is 0.176. The van der Waals surface area contributed by atoms with E-state index in [1.165, 1.54) is 11.1 Å². The van der Waals surface area contributed by atoms with E-state index < -0.39 is 0 Å². The third-order valence-electron chi connectivity index (χ3n) is 3.36. The van der Waals surface area contributed by atoms with Crippen molar-refractivity contribution in [1.82, 2.24) is 5.06 Å². The van der Waals surface area contributed by atoms with Crippen LogP contribution in [0.1, 0.15) is 36.1 Å². The highest BCUT2D eigenvalue weighted by Crippen LogP contribution is 2.41. The zero-order chi connectivity index (χ0) is 10.3. The smallest absolute Gasteiger partial charge is 0.0698 e. The van der Waals surface area contributed by atoms with Gasteiger partial charge in [-0.05, 0) is 24.0 Å². The van der Waals surface area contributed by atoms with Gasteiger partial charge in [0.1, 0.15) is 0 Å². The van der Waals surface area contributed by atoms with Crippen molar-refractivity contribution in [3.8, 4) is 0 Å². The third kappa shape index (κ3) is 1.47. The molecule has 0 amide bonds. The summed E-state index contributed by atoms with van der Waals surface area (Å²) in [6.45, 7) is 1.89. The molecule has 1 aromatic carbocycles. The van der Waals surface area contributed by atoms with Crippen LogP contribution in [0, 0.1) is 0 Å². The first-order chi connectivity index (χ1) is 7.36. The van der Waals surface area contributed by atoms with Crippen LogP contribution in [0.5, 0.6) is 0 Å². The summed E-state index contributed by atoms with van der Waals surface area (Å²) in [5.74, 6) is 0. The average Bonchev–Trinajstić information content (AvgIpc) is 2.87. The van der Waals surface area contributed by atoms with Crippen molar-refractivity contribution in [3.63, 3.8) is 0 Å². The maximum atomic E-state index is 6.12. The zero-order valence-corrected chi connectivity index (χ0v) is 8.73. The zero-order valence-electron chi connectivity index (χ0n) is 8.73. The first-order valence-corrected chi connectivity index (χ1v) is 5.60. The fraction of sp³-hybridized carbons (Fsp3) is 0.500. The summed E-state index contributed by atoms with van der Waals surface area (Å²) in [5.41, 5.74) is 8.77. The summed E-state index contributed by atoms with van der Waals surface area (Å²) in [6.07, 6.45) is 2.12. The van der Waals surface area contributed by atoms with Crippen LogP contribution in [0.4, 0.5) is 0 Å². The lowest BCUT2D eigenvalue weighted by molar-refractivity contribution is -0.143. The molecule has 2 N–H and O–H groups in total. The van der Waals surface area contributed by atoms with Crippen LogP contribution in [0.25, 0.3) is 0 Å². The second kappa shape index (κ2) is 3.59. The van der Waals surface area contributed by atoms with Gasteiger partial charge in [0, 0.05) is 12.6 Å². The van der Waals surface area contributed by atoms with E-state index in [9.17, 15) is 0 Å². The molecule has 15 heavy (non-hydrogen) atoms. The van der Waals surface area contributed by atoms with E-state index in [1.807, 2.05) is 0 Å². The summed E-state index contributed by atoms with van der Waals surface area (Å²) < 4.78 is 0. The predicted molar refractivity (Wildman–Crippen MR) is 58.0 cm³/mol. The Bertz CT molecular complexity index is 360. The van der Waals surface area contributed by atoms with Crippen LogP contribution in [-0.4, -0.2) is 18.2 Å². The molecule has 0 saturated carbocycles. The van der Waals surface area contributed by atoms with Gasteiger partial charge < -0.3 is 5.73 Å². The molecule has 1 aliphatic carbocycles. The van der Waals surface area contributed by atoms with E-state index in [-0.39, 0.29) is 6.04 Å². The summed E-state index contributed by atoms with van der Waals surface area (Å²) in [5, 5.41) is 2.10. The lowest BCUT2D eigenvalue weighted by Crippen LogP contribution is -2.23. The summed E-state index contributed by atoms with van der Waals surface area (Å²) in [7, 11) is 0. The molecule has 0 radical (unpaired) electrons. The predicted octanol–water partition coefficient (Wildman–Crippen LogP) is 1.77. The van der Waals surface area contributed by atoms with E-state index in [4.69, 9.17) is 10.6 Å². The fourth-order valence-corrected chi connectivity index (χ4v) is 2.63. The number of rotatable bonds is 1. The highest BCUT2D eigenvalue weighted by molar-refractivity contribution is 5.37. The summed E-state index contributed by atoms with van der Waals surface area (Å²) in [6, 6.07) is 9.00. The number of fused-ring (bicyclic) bond motifs is 1. The van der Waals surface area contributed by atoms with E-state index >= 15 is 0 Å². The minimum Gasteiger partial charge on any atom is -0.324 e. The molecule has 1 heterocycles. The molecular weight excluding hydrogens is 188 g/mol. The van der Waals surface area contributed by atoms with Crippen molar-refractivity contribution in [1.29, 1.82) is 0 Å². The molecule has 1 aliphatic heterocycles. The van der Waals surface area contributed by atoms with E-state index in [0.29, 0.717) is 6.04 Å². The Balaban J connectivity index is 1.93. The second-order valence-electron chi connectivity index (χ2n) is 4.31. The Morgan fingerprint density at radius 2 is 2.07 bits per heavy atom. The summed E-state index contributed by atoms with van der Waals surface area (Å²) in [4.78, 5) is 5.62. The normalized spacial score (nSPS) is 30.7. The van der Waals surface area contributed by atoms with Gasteiger partial charge in [0.2, 0.25) is 0 Å². The van der Waals surface area contributed by atoms with Crippen molar-refractivity contribution in [2.24, 2.45) is 5.73 Å². The average molecular weight is 204 g/mol. The van der Waals surface area contributed by atoms with Crippen LogP contribution < -0.4 is 5.73 Å². The first kappa shape index (κ1) is 9.33. The maximum absolute atomic E-state index is 6.12. The van der Waals surface area contributed by atoms with Gasteiger partial charge in [0.25, 0.3) is 0 Å². The van der Waals surface area contributed by atoms with Gasteiger partial charge in [0.05, 0.1) is 12.6 Å². The Kier molecular flexibility index (Phi) is 2.24. The highest BCUT2D eigenvalue weighted by atomic mass is 16.7. The van der Waals surface area contributed by atoms with Gasteiger partial charge in [-0.1, -0.05) is 24.3 Å². The molecule has 1 saturated heterocycles. The van der Waals surface area contributed by atoms with Crippen molar-refractivity contribution in [2.45, 2.75) is 24.9 Å². The Morgan fingerprint density at radius 1 is 1.27 bits per heavy atom. The van der Waals surface area contributed by atoms with Crippen LogP contribution in [0.2, 0.25) is 0 Å². The lowest BCUT2D eigenvalue weighted by Gasteiger charge is -2.22. The molecule has 1 aromatic rings. The highest BCUT2D eigenvalue weighted by Gasteiger charge is 2.34. The van der Waals surface area contributed by atoms with Crippen molar-refractivity contribution in [2.75, 3.05) is 13.2 Å². The SMILES string of the molecule is NC1CC(N2CCCO2)c2ccccc21. The van der Waals surface area contributed by atoms with Crippen LogP contribution in [0.15, 0.2) is 24.3 Å². The summed E-state index contributed by atoms with van der Waals surface area (Å²) >= 11 is 0. The molecule has 3 rings (SSSR count). The van der Waals surface area contributed by atoms with E-state index in [2.05, 4.69) is 29.3 Å². The largest absolute Gasteiger partial charge is 0.324 e. The number of hydrogen-bond donors (Lipinski definition) is 1. The van der Waals surface area contributed by atoms with Crippen LogP contribution >= 0.6 is 0 Å². The van der Waals surface area contributed by atoms with Gasteiger partial charge in [-0.2, -0.15) is 5.06 Å². The lowest BCUT2D eigenvalue weighted by atomic mass is 10.1. The Morgan fingerprint density at radius 3 is 2.80 bits per heavy atom. The van der Waals surface area contributed by atoms with Crippen molar-refractivity contribution >= 4 is 0 Å². The molecule has 3 nitrogen and oxygen atoms in total. The van der Waals surface area contributed by atoms with Gasteiger partial charge in [-0.25, -0.2) is 0 Å². The second-order valence-corrected chi connectivity index (χ2v) is 4.31. The van der Waals surface area contributed by atoms with E-state index in [1.54, 1.807) is 0 Å².